The summed E-state index contributed by atoms with van der Waals surface area (Å²) in [5, 5.41) is 0. The van der Waals surface area contributed by atoms with Crippen molar-refractivity contribution < 1.29 is 4.79 Å². The maximum Gasteiger partial charge on any atom is 0.246 e. The van der Waals surface area contributed by atoms with Gasteiger partial charge in [0, 0.05) is 24.9 Å². The predicted molar refractivity (Wildman–Crippen MR) is 79.5 cm³/mol. The van der Waals surface area contributed by atoms with E-state index in [1.54, 1.807) is 6.08 Å². The van der Waals surface area contributed by atoms with Gasteiger partial charge in [0.25, 0.3) is 0 Å². The van der Waals surface area contributed by atoms with E-state index in [-0.39, 0.29) is 5.91 Å². The molecule has 1 amide bonds. The molecular formula is C16H22N2O. The quantitative estimate of drug-likeness (QED) is 0.652. The van der Waals surface area contributed by atoms with Crippen LogP contribution >= 0.6 is 0 Å². The molecule has 1 aliphatic rings. The van der Waals surface area contributed by atoms with Gasteiger partial charge in [-0.2, -0.15) is 0 Å². The van der Waals surface area contributed by atoms with Crippen LogP contribution in [0.25, 0.3) is 6.08 Å². The van der Waals surface area contributed by atoms with Gasteiger partial charge in [0.15, 0.2) is 0 Å². The van der Waals surface area contributed by atoms with Crippen LogP contribution in [-0.2, 0) is 4.79 Å². The second-order valence-electron chi connectivity index (χ2n) is 5.18. The summed E-state index contributed by atoms with van der Waals surface area (Å²) in [7, 11) is 0. The van der Waals surface area contributed by atoms with Crippen LogP contribution in [0.3, 0.4) is 0 Å². The maximum absolute atomic E-state index is 12.1. The molecule has 0 saturated heterocycles. The highest BCUT2D eigenvalue weighted by Gasteiger charge is 2.21. The fourth-order valence-corrected chi connectivity index (χ4v) is 2.30. The molecule has 0 heterocycles. The van der Waals surface area contributed by atoms with Gasteiger partial charge in [0.05, 0.1) is 0 Å². The lowest BCUT2D eigenvalue weighted by Gasteiger charge is -2.31. The summed E-state index contributed by atoms with van der Waals surface area (Å²) in [6, 6.07) is 7.55. The Kier molecular flexibility index (Phi) is 4.61. The SMILES string of the molecule is CCN(CC1CCC1)C(=O)/C=C/c1cccc(N)c1. The van der Waals surface area contributed by atoms with Crippen molar-refractivity contribution in [3.63, 3.8) is 0 Å². The van der Waals surface area contributed by atoms with E-state index in [0.29, 0.717) is 5.92 Å². The maximum atomic E-state index is 12.1. The van der Waals surface area contributed by atoms with E-state index < -0.39 is 0 Å². The van der Waals surface area contributed by atoms with E-state index in [1.807, 2.05) is 42.2 Å². The van der Waals surface area contributed by atoms with Crippen molar-refractivity contribution in [3.8, 4) is 0 Å². The molecule has 1 aromatic carbocycles. The van der Waals surface area contributed by atoms with Gasteiger partial charge in [0.2, 0.25) is 5.91 Å². The molecule has 1 saturated carbocycles. The average molecular weight is 258 g/mol. The van der Waals surface area contributed by atoms with Crippen molar-refractivity contribution in [2.45, 2.75) is 26.2 Å². The third kappa shape index (κ3) is 3.85. The molecule has 0 radical (unpaired) electrons. The Labute approximate surface area is 115 Å². The van der Waals surface area contributed by atoms with Crippen molar-refractivity contribution in [2.75, 3.05) is 18.8 Å². The van der Waals surface area contributed by atoms with Crippen LogP contribution in [0, 0.1) is 5.92 Å². The van der Waals surface area contributed by atoms with Crippen LogP contribution in [0.1, 0.15) is 31.7 Å². The third-order valence-electron chi connectivity index (χ3n) is 3.73. The molecule has 0 aromatic heterocycles. The second kappa shape index (κ2) is 6.41. The fraction of sp³-hybridized carbons (Fsp3) is 0.438. The average Bonchev–Trinajstić information content (AvgIpc) is 2.35. The first-order valence-electron chi connectivity index (χ1n) is 7.01. The van der Waals surface area contributed by atoms with Gasteiger partial charge >= 0.3 is 0 Å². The Balaban J connectivity index is 1.94. The summed E-state index contributed by atoms with van der Waals surface area (Å²) in [6.45, 7) is 3.71. The highest BCUT2D eigenvalue weighted by atomic mass is 16.2. The summed E-state index contributed by atoms with van der Waals surface area (Å²) in [4.78, 5) is 14.0. The molecule has 2 N–H and O–H groups in total. The lowest BCUT2D eigenvalue weighted by molar-refractivity contribution is -0.126. The summed E-state index contributed by atoms with van der Waals surface area (Å²) >= 11 is 0. The number of anilines is 1. The van der Waals surface area contributed by atoms with Crippen LogP contribution in [0.5, 0.6) is 0 Å². The normalized spacial score (nSPS) is 15.4. The molecule has 1 aliphatic carbocycles. The summed E-state index contributed by atoms with van der Waals surface area (Å²) < 4.78 is 0. The van der Waals surface area contributed by atoms with Crippen LogP contribution < -0.4 is 5.73 Å². The Morgan fingerprint density at radius 3 is 2.84 bits per heavy atom. The molecular weight excluding hydrogens is 236 g/mol. The number of nitrogen functional groups attached to an aromatic ring is 1. The molecule has 0 bridgehead atoms. The molecule has 0 atom stereocenters. The van der Waals surface area contributed by atoms with Crippen molar-refractivity contribution in [3.05, 3.63) is 35.9 Å². The minimum absolute atomic E-state index is 0.0943. The molecule has 102 valence electrons. The zero-order chi connectivity index (χ0) is 13.7. The summed E-state index contributed by atoms with van der Waals surface area (Å²) in [5.41, 5.74) is 7.40. The van der Waals surface area contributed by atoms with Gasteiger partial charge in [0.1, 0.15) is 0 Å². The highest BCUT2D eigenvalue weighted by Crippen LogP contribution is 2.27. The monoisotopic (exact) mass is 258 g/mol. The van der Waals surface area contributed by atoms with Gasteiger partial charge < -0.3 is 10.6 Å². The smallest absolute Gasteiger partial charge is 0.246 e. The van der Waals surface area contributed by atoms with Crippen molar-refractivity contribution in [1.29, 1.82) is 0 Å². The minimum atomic E-state index is 0.0943. The van der Waals surface area contributed by atoms with E-state index in [9.17, 15) is 4.79 Å². The Bertz CT molecular complexity index is 464. The van der Waals surface area contributed by atoms with Crippen LogP contribution in [-0.4, -0.2) is 23.9 Å². The lowest BCUT2D eigenvalue weighted by atomic mass is 9.85. The van der Waals surface area contributed by atoms with Crippen LogP contribution in [0.2, 0.25) is 0 Å². The van der Waals surface area contributed by atoms with E-state index >= 15 is 0 Å². The Morgan fingerprint density at radius 2 is 2.26 bits per heavy atom. The fourth-order valence-electron chi connectivity index (χ4n) is 2.30. The van der Waals surface area contributed by atoms with Gasteiger partial charge in [-0.3, -0.25) is 4.79 Å². The third-order valence-corrected chi connectivity index (χ3v) is 3.73. The largest absolute Gasteiger partial charge is 0.399 e. The van der Waals surface area contributed by atoms with E-state index in [1.165, 1.54) is 19.3 Å². The number of nitrogens with two attached hydrogens (primary N) is 1. The summed E-state index contributed by atoms with van der Waals surface area (Å²) in [5.74, 6) is 0.807. The van der Waals surface area contributed by atoms with E-state index in [2.05, 4.69) is 0 Å². The standard InChI is InChI=1S/C16H22N2O/c1-2-18(12-14-6-3-7-14)16(19)10-9-13-5-4-8-15(17)11-13/h4-5,8-11,14H,2-3,6-7,12,17H2,1H3/b10-9+. The second-order valence-corrected chi connectivity index (χ2v) is 5.18. The van der Waals surface area contributed by atoms with Gasteiger partial charge in [-0.1, -0.05) is 18.6 Å². The van der Waals surface area contributed by atoms with Gasteiger partial charge in [-0.15, -0.1) is 0 Å². The van der Waals surface area contributed by atoms with Gasteiger partial charge in [-0.25, -0.2) is 0 Å². The molecule has 19 heavy (non-hydrogen) atoms. The molecule has 0 aliphatic heterocycles. The zero-order valence-corrected chi connectivity index (χ0v) is 11.5. The number of carbonyl (C=O) groups excluding carboxylic acids is 1. The molecule has 3 heteroatoms. The first-order valence-corrected chi connectivity index (χ1v) is 7.01. The van der Waals surface area contributed by atoms with E-state index in [4.69, 9.17) is 5.73 Å². The molecule has 2 rings (SSSR count). The first kappa shape index (κ1) is 13.7. The van der Waals surface area contributed by atoms with Crippen molar-refractivity contribution in [1.82, 2.24) is 4.90 Å². The number of hydrogen-bond acceptors (Lipinski definition) is 2. The number of likely N-dealkylation sites (N-methyl/N-ethyl adjacent to an activating group) is 1. The van der Waals surface area contributed by atoms with E-state index in [0.717, 1.165) is 24.3 Å². The predicted octanol–water partition coefficient (Wildman–Crippen LogP) is 2.93. The molecule has 1 fully saturated rings. The topological polar surface area (TPSA) is 46.3 Å². The molecule has 0 unspecified atom stereocenters. The van der Waals surface area contributed by atoms with Crippen LogP contribution in [0.15, 0.2) is 30.3 Å². The molecule has 3 nitrogen and oxygen atoms in total. The number of nitrogens with zero attached hydrogens (tertiary/aromatic N) is 1. The number of rotatable bonds is 5. The van der Waals surface area contributed by atoms with Crippen LogP contribution in [0.4, 0.5) is 5.69 Å². The summed E-state index contributed by atoms with van der Waals surface area (Å²) in [6.07, 6.45) is 7.33. The number of carbonyl (C=O) groups is 1. The number of benzene rings is 1. The van der Waals surface area contributed by atoms with Gasteiger partial charge in [-0.05, 0) is 49.5 Å². The van der Waals surface area contributed by atoms with Crippen molar-refractivity contribution in [2.24, 2.45) is 5.92 Å². The molecule has 1 aromatic rings. The van der Waals surface area contributed by atoms with Crippen molar-refractivity contribution >= 4 is 17.7 Å². The highest BCUT2D eigenvalue weighted by molar-refractivity contribution is 5.91. The Morgan fingerprint density at radius 1 is 1.47 bits per heavy atom. The minimum Gasteiger partial charge on any atom is -0.399 e. The zero-order valence-electron chi connectivity index (χ0n) is 11.5. The number of amides is 1. The Hall–Kier alpha value is -1.77. The first-order chi connectivity index (χ1) is 9.19. The number of hydrogen-bond donors (Lipinski definition) is 1. The molecule has 0 spiro atoms. The lowest BCUT2D eigenvalue weighted by Crippen LogP contribution is -2.36.